The number of rotatable bonds is 1. The Bertz CT molecular complexity index is 1400. The highest BCUT2D eigenvalue weighted by molar-refractivity contribution is 9.10. The highest BCUT2D eigenvalue weighted by Gasteiger charge is 2.23. The summed E-state index contributed by atoms with van der Waals surface area (Å²) >= 11 is 10.5. The summed E-state index contributed by atoms with van der Waals surface area (Å²) in [6, 6.07) is 11.2. The second kappa shape index (κ2) is 6.76. The number of thiophene rings is 1. The minimum absolute atomic E-state index is 0.146. The van der Waals surface area contributed by atoms with Crippen molar-refractivity contribution < 1.29 is 4.79 Å². The average Bonchev–Trinajstić information content (AvgIpc) is 3.06. The molecule has 4 nitrogen and oxygen atoms in total. The first-order valence-corrected chi connectivity index (χ1v) is 11.1. The molecule has 0 saturated heterocycles. The number of nitrogens with zero attached hydrogens (tertiary/aromatic N) is 1. The van der Waals surface area contributed by atoms with Gasteiger partial charge in [0.2, 0.25) is 0 Å². The van der Waals surface area contributed by atoms with Gasteiger partial charge in [-0.2, -0.15) is 0 Å². The monoisotopic (exact) mass is 470 g/mol. The van der Waals surface area contributed by atoms with Crippen molar-refractivity contribution in [1.29, 1.82) is 0 Å². The number of benzene rings is 2. The van der Waals surface area contributed by atoms with Gasteiger partial charge < -0.3 is 4.98 Å². The molecule has 0 amide bonds. The second-order valence-electron chi connectivity index (χ2n) is 6.93. The van der Waals surface area contributed by atoms with Crippen LogP contribution >= 0.6 is 39.5 Å². The third-order valence-electron chi connectivity index (χ3n) is 5.31. The van der Waals surface area contributed by atoms with Gasteiger partial charge in [-0.3, -0.25) is 9.59 Å². The summed E-state index contributed by atoms with van der Waals surface area (Å²) < 4.78 is 2.17. The number of carbonyl (C=O) groups excluding carboxylic acids is 1. The largest absolute Gasteiger partial charge is 0.323 e. The van der Waals surface area contributed by atoms with Gasteiger partial charge in [0, 0.05) is 14.9 Å². The van der Waals surface area contributed by atoms with Crippen LogP contribution in [0, 0.1) is 4.77 Å². The maximum absolute atomic E-state index is 13.4. The van der Waals surface area contributed by atoms with Gasteiger partial charge in [0.1, 0.15) is 4.83 Å². The number of hydrogen-bond acceptors (Lipinski definition) is 4. The standard InChI is InChI=1S/C21H15BrN2O2S2/c22-15-9-4-6-11-12(15)7-3-8-13(11)19(25)24-20(26)17-14-5-1-2-10-16(14)28-18(17)23-21(24)27/h3-4,6-9H,1-2,5,10H2,(H,23,27). The molecule has 2 aromatic heterocycles. The van der Waals surface area contributed by atoms with Gasteiger partial charge in [-0.15, -0.1) is 11.3 Å². The van der Waals surface area contributed by atoms with Crippen molar-refractivity contribution in [3.63, 3.8) is 0 Å². The Labute approximate surface area is 178 Å². The summed E-state index contributed by atoms with van der Waals surface area (Å²) in [6.07, 6.45) is 4.07. The lowest BCUT2D eigenvalue weighted by molar-refractivity contribution is 0.0955. The zero-order chi connectivity index (χ0) is 19.4. The van der Waals surface area contributed by atoms with E-state index in [9.17, 15) is 9.59 Å². The molecule has 2 heterocycles. The van der Waals surface area contributed by atoms with E-state index < -0.39 is 5.91 Å². The van der Waals surface area contributed by atoms with Crippen LogP contribution in [0.1, 0.15) is 33.6 Å². The number of hydrogen-bond donors (Lipinski definition) is 1. The predicted molar refractivity (Wildman–Crippen MR) is 119 cm³/mol. The molecule has 7 heteroatoms. The fraction of sp³-hybridized carbons (Fsp3) is 0.190. The number of nitrogens with one attached hydrogen (secondary N) is 1. The minimum atomic E-state index is -0.396. The van der Waals surface area contributed by atoms with E-state index in [-0.39, 0.29) is 10.3 Å². The van der Waals surface area contributed by atoms with Gasteiger partial charge in [-0.25, -0.2) is 4.57 Å². The molecule has 0 fully saturated rings. The Morgan fingerprint density at radius 2 is 1.86 bits per heavy atom. The van der Waals surface area contributed by atoms with Crippen LogP contribution in [0.2, 0.25) is 0 Å². The van der Waals surface area contributed by atoms with Crippen LogP contribution in [0.3, 0.4) is 0 Å². The molecule has 140 valence electrons. The molecule has 0 radical (unpaired) electrons. The molecule has 0 unspecified atom stereocenters. The van der Waals surface area contributed by atoms with E-state index in [1.54, 1.807) is 17.4 Å². The van der Waals surface area contributed by atoms with E-state index >= 15 is 0 Å². The fourth-order valence-corrected chi connectivity index (χ4v) is 6.11. The molecule has 1 aliphatic rings. The first kappa shape index (κ1) is 18.0. The van der Waals surface area contributed by atoms with Crippen molar-refractivity contribution in [1.82, 2.24) is 9.55 Å². The quantitative estimate of drug-likeness (QED) is 0.368. The SMILES string of the molecule is O=C(c1cccc2c(Br)cccc12)n1c(=S)[nH]c2sc3c(c2c1=O)CCCC3. The molecule has 1 N–H and O–H groups in total. The number of carbonyl (C=O) groups is 1. The van der Waals surface area contributed by atoms with E-state index in [0.29, 0.717) is 10.9 Å². The Hall–Kier alpha value is -2.09. The van der Waals surface area contributed by atoms with E-state index in [0.717, 1.165) is 55.9 Å². The molecular formula is C21H15BrN2O2S2. The molecule has 0 spiro atoms. The molecule has 4 aromatic rings. The Morgan fingerprint density at radius 3 is 2.71 bits per heavy atom. The van der Waals surface area contributed by atoms with E-state index in [4.69, 9.17) is 12.2 Å². The zero-order valence-electron chi connectivity index (χ0n) is 14.8. The molecule has 2 aromatic carbocycles. The van der Waals surface area contributed by atoms with Crippen LogP contribution in [-0.4, -0.2) is 15.5 Å². The van der Waals surface area contributed by atoms with Crippen LogP contribution in [0.4, 0.5) is 0 Å². The van der Waals surface area contributed by atoms with Crippen LogP contribution in [0.5, 0.6) is 0 Å². The van der Waals surface area contributed by atoms with E-state index in [1.165, 1.54) is 4.88 Å². The molecule has 0 bridgehead atoms. The number of aryl methyl sites for hydroxylation is 2. The summed E-state index contributed by atoms with van der Waals surface area (Å²) in [5, 5.41) is 2.34. The molecule has 0 aliphatic heterocycles. The van der Waals surface area contributed by atoms with Crippen LogP contribution in [0.15, 0.2) is 45.7 Å². The summed E-state index contributed by atoms with van der Waals surface area (Å²) in [5.41, 5.74) is 1.24. The first-order valence-electron chi connectivity index (χ1n) is 9.08. The summed E-state index contributed by atoms with van der Waals surface area (Å²) in [7, 11) is 0. The minimum Gasteiger partial charge on any atom is -0.323 e. The summed E-state index contributed by atoms with van der Waals surface area (Å²) in [5.74, 6) is -0.396. The molecule has 28 heavy (non-hydrogen) atoms. The van der Waals surface area contributed by atoms with E-state index in [2.05, 4.69) is 20.9 Å². The number of H-pyrrole nitrogens is 1. The van der Waals surface area contributed by atoms with Gasteiger partial charge >= 0.3 is 0 Å². The smallest absolute Gasteiger partial charge is 0.270 e. The topological polar surface area (TPSA) is 54.9 Å². The molecule has 0 saturated carbocycles. The number of fused-ring (bicyclic) bond motifs is 4. The fourth-order valence-electron chi connectivity index (χ4n) is 4.00. The average molecular weight is 471 g/mol. The van der Waals surface area contributed by atoms with Crippen LogP contribution in [-0.2, 0) is 12.8 Å². The molecule has 1 aliphatic carbocycles. The van der Waals surface area contributed by atoms with Crippen molar-refractivity contribution in [3.05, 3.63) is 72.0 Å². The van der Waals surface area contributed by atoms with E-state index in [1.807, 2.05) is 30.3 Å². The van der Waals surface area contributed by atoms with Gasteiger partial charge in [0.05, 0.1) is 5.39 Å². The van der Waals surface area contributed by atoms with Crippen molar-refractivity contribution in [2.45, 2.75) is 25.7 Å². The van der Waals surface area contributed by atoms with Crippen molar-refractivity contribution >= 4 is 66.4 Å². The predicted octanol–water partition coefficient (Wildman–Crippen LogP) is 5.60. The molecule has 0 atom stereocenters. The van der Waals surface area contributed by atoms with Crippen molar-refractivity contribution in [3.8, 4) is 0 Å². The summed E-state index contributed by atoms with van der Waals surface area (Å²) in [4.78, 5) is 31.9. The highest BCUT2D eigenvalue weighted by Crippen LogP contribution is 2.34. The van der Waals surface area contributed by atoms with Crippen molar-refractivity contribution in [2.24, 2.45) is 0 Å². The van der Waals surface area contributed by atoms with Crippen LogP contribution < -0.4 is 5.56 Å². The Morgan fingerprint density at radius 1 is 1.11 bits per heavy atom. The normalized spacial score (nSPS) is 13.8. The lowest BCUT2D eigenvalue weighted by Crippen LogP contribution is -2.29. The third-order valence-corrected chi connectivity index (χ3v) is 7.50. The Balaban J connectivity index is 1.78. The van der Waals surface area contributed by atoms with Gasteiger partial charge in [0.15, 0.2) is 4.77 Å². The van der Waals surface area contributed by atoms with Crippen LogP contribution in [0.25, 0.3) is 21.0 Å². The second-order valence-corrected chi connectivity index (χ2v) is 9.28. The number of aromatic amines is 1. The highest BCUT2D eigenvalue weighted by atomic mass is 79.9. The first-order chi connectivity index (χ1) is 13.6. The summed E-state index contributed by atoms with van der Waals surface area (Å²) in [6.45, 7) is 0. The number of aromatic nitrogens is 2. The van der Waals surface area contributed by atoms with Gasteiger partial charge in [-0.1, -0.05) is 40.2 Å². The molecular weight excluding hydrogens is 456 g/mol. The third kappa shape index (κ3) is 2.64. The zero-order valence-corrected chi connectivity index (χ0v) is 18.0. The molecule has 5 rings (SSSR count). The number of halogens is 1. The maximum atomic E-state index is 13.4. The van der Waals surface area contributed by atoms with Gasteiger partial charge in [-0.05, 0) is 66.4 Å². The van der Waals surface area contributed by atoms with Crippen molar-refractivity contribution in [2.75, 3.05) is 0 Å². The van der Waals surface area contributed by atoms with Gasteiger partial charge in [0.25, 0.3) is 11.5 Å². The lowest BCUT2D eigenvalue weighted by Gasteiger charge is -2.11. The maximum Gasteiger partial charge on any atom is 0.270 e. The lowest BCUT2D eigenvalue weighted by atomic mass is 9.97. The Kier molecular flexibility index (Phi) is 4.34.